The van der Waals surface area contributed by atoms with Crippen LogP contribution in [-0.4, -0.2) is 28.5 Å². The fourth-order valence-electron chi connectivity index (χ4n) is 2.96. The van der Waals surface area contributed by atoms with Crippen LogP contribution in [0.3, 0.4) is 0 Å². The minimum Gasteiger partial charge on any atom is -0.280 e. The van der Waals surface area contributed by atoms with Gasteiger partial charge in [0.05, 0.1) is 27.3 Å². The van der Waals surface area contributed by atoms with E-state index in [-0.39, 0.29) is 22.0 Å². The zero-order chi connectivity index (χ0) is 22.5. The summed E-state index contributed by atoms with van der Waals surface area (Å²) in [6.07, 6.45) is -4.55. The van der Waals surface area contributed by atoms with Crippen molar-refractivity contribution < 1.29 is 34.8 Å². The number of alkyl halides is 3. The molecule has 2 aromatic rings. The molecule has 2 aromatic carbocycles. The number of hydrogen-bond donors (Lipinski definition) is 1. The number of benzene rings is 2. The van der Waals surface area contributed by atoms with Crippen LogP contribution in [0, 0.1) is 5.41 Å². The lowest BCUT2D eigenvalue weighted by molar-refractivity contribution is -0.137. The lowest BCUT2D eigenvalue weighted by Crippen LogP contribution is -2.32. The predicted molar refractivity (Wildman–Crippen MR) is 104 cm³/mol. The molecule has 1 fully saturated rings. The van der Waals surface area contributed by atoms with Gasteiger partial charge in [-0.15, -0.1) is 0 Å². The van der Waals surface area contributed by atoms with E-state index in [0.717, 1.165) is 36.4 Å². The standard InChI is InChI=1S/C18H17F3N2O5S2/c1-17(2)11-29(25,26)23(16(17)24)14-7-9-15(10-8-14)30(27,28)22-13-5-3-12(4-6-13)18(19,20)21/h3-10,22H,11H2,1-2H3. The van der Waals surface area contributed by atoms with Gasteiger partial charge in [0, 0.05) is 5.69 Å². The Balaban J connectivity index is 1.84. The van der Waals surface area contributed by atoms with E-state index in [1.807, 2.05) is 0 Å². The number of sulfonamides is 2. The van der Waals surface area contributed by atoms with Gasteiger partial charge in [0.25, 0.3) is 10.0 Å². The third kappa shape index (κ3) is 4.15. The van der Waals surface area contributed by atoms with Crippen molar-refractivity contribution in [1.82, 2.24) is 0 Å². The number of hydrogen-bond acceptors (Lipinski definition) is 5. The van der Waals surface area contributed by atoms with Gasteiger partial charge >= 0.3 is 6.18 Å². The van der Waals surface area contributed by atoms with Crippen LogP contribution in [-0.2, 0) is 31.0 Å². The normalized spacial score (nSPS) is 18.4. The van der Waals surface area contributed by atoms with Crippen LogP contribution in [0.15, 0.2) is 53.4 Å². The SMILES string of the molecule is CC1(C)CS(=O)(=O)N(c2ccc(S(=O)(=O)Nc3ccc(C(F)(F)F)cc3)cc2)C1=O. The highest BCUT2D eigenvalue weighted by Gasteiger charge is 2.49. The molecule has 1 saturated heterocycles. The Hall–Kier alpha value is -2.60. The van der Waals surface area contributed by atoms with Gasteiger partial charge in [0.2, 0.25) is 15.9 Å². The van der Waals surface area contributed by atoms with E-state index >= 15 is 0 Å². The molecule has 0 aromatic heterocycles. The highest BCUT2D eigenvalue weighted by Crippen LogP contribution is 2.36. The number of rotatable bonds is 4. The summed E-state index contributed by atoms with van der Waals surface area (Å²) in [5.74, 6) is -0.991. The van der Waals surface area contributed by atoms with Gasteiger partial charge in [-0.05, 0) is 62.4 Å². The number of nitrogens with zero attached hydrogens (tertiary/aromatic N) is 1. The van der Waals surface area contributed by atoms with Gasteiger partial charge in [-0.2, -0.15) is 13.2 Å². The molecule has 12 heteroatoms. The minimum atomic E-state index is -4.55. The molecule has 0 spiro atoms. The molecule has 1 aliphatic rings. The smallest absolute Gasteiger partial charge is 0.280 e. The van der Waals surface area contributed by atoms with Crippen molar-refractivity contribution in [2.24, 2.45) is 5.41 Å². The average molecular weight is 462 g/mol. The molecular formula is C18H17F3N2O5S2. The van der Waals surface area contributed by atoms with Gasteiger partial charge in [-0.1, -0.05) is 0 Å². The van der Waals surface area contributed by atoms with Crippen molar-refractivity contribution in [2.45, 2.75) is 24.9 Å². The van der Waals surface area contributed by atoms with Crippen LogP contribution >= 0.6 is 0 Å². The predicted octanol–water partition coefficient (Wildman–Crippen LogP) is 3.21. The molecule has 0 atom stereocenters. The van der Waals surface area contributed by atoms with Gasteiger partial charge in [-0.3, -0.25) is 9.52 Å². The molecule has 0 saturated carbocycles. The molecule has 7 nitrogen and oxygen atoms in total. The van der Waals surface area contributed by atoms with Gasteiger partial charge in [0.15, 0.2) is 0 Å². The first-order chi connectivity index (χ1) is 13.6. The van der Waals surface area contributed by atoms with Crippen LogP contribution in [0.2, 0.25) is 0 Å². The first kappa shape index (κ1) is 22.1. The second kappa shape index (κ2) is 6.98. The molecule has 162 valence electrons. The van der Waals surface area contributed by atoms with E-state index in [0.29, 0.717) is 4.31 Å². The number of nitrogens with one attached hydrogen (secondary N) is 1. The number of amides is 1. The molecule has 1 aliphatic heterocycles. The first-order valence-corrected chi connectivity index (χ1v) is 11.6. The maximum Gasteiger partial charge on any atom is 0.416 e. The zero-order valence-electron chi connectivity index (χ0n) is 15.8. The highest BCUT2D eigenvalue weighted by atomic mass is 32.2. The third-order valence-corrected chi connectivity index (χ3v) is 7.85. The number of halogens is 3. The molecule has 0 unspecified atom stereocenters. The van der Waals surface area contributed by atoms with Crippen molar-refractivity contribution in [3.05, 3.63) is 54.1 Å². The molecule has 0 bridgehead atoms. The monoisotopic (exact) mass is 462 g/mol. The van der Waals surface area contributed by atoms with Gasteiger partial charge in [0.1, 0.15) is 0 Å². The lowest BCUT2D eigenvalue weighted by Gasteiger charge is -2.18. The largest absolute Gasteiger partial charge is 0.416 e. The summed E-state index contributed by atoms with van der Waals surface area (Å²) in [5.41, 5.74) is -2.10. The lowest BCUT2D eigenvalue weighted by atomic mass is 9.95. The Bertz CT molecular complexity index is 1190. The van der Waals surface area contributed by atoms with E-state index in [1.165, 1.54) is 26.0 Å². The van der Waals surface area contributed by atoms with Crippen molar-refractivity contribution >= 4 is 37.3 Å². The Morgan fingerprint density at radius 1 is 1.00 bits per heavy atom. The second-order valence-corrected chi connectivity index (χ2v) is 10.9. The van der Waals surface area contributed by atoms with E-state index in [2.05, 4.69) is 4.72 Å². The van der Waals surface area contributed by atoms with E-state index in [1.54, 1.807) is 0 Å². The number of carbonyl (C=O) groups is 1. The summed E-state index contributed by atoms with van der Waals surface area (Å²) < 4.78 is 90.2. The van der Waals surface area contributed by atoms with Crippen LogP contribution < -0.4 is 9.03 Å². The van der Waals surface area contributed by atoms with Crippen LogP contribution in [0.25, 0.3) is 0 Å². The molecule has 0 aliphatic carbocycles. The highest BCUT2D eigenvalue weighted by molar-refractivity contribution is 7.94. The topological polar surface area (TPSA) is 101 Å². The maximum absolute atomic E-state index is 12.6. The maximum atomic E-state index is 12.6. The van der Waals surface area contributed by atoms with E-state index < -0.39 is 43.1 Å². The second-order valence-electron chi connectivity index (χ2n) is 7.38. The zero-order valence-corrected chi connectivity index (χ0v) is 17.4. The summed E-state index contributed by atoms with van der Waals surface area (Å²) in [4.78, 5) is 12.1. The fraction of sp³-hybridized carbons (Fsp3) is 0.278. The quantitative estimate of drug-likeness (QED) is 0.752. The van der Waals surface area contributed by atoms with Crippen LogP contribution in [0.4, 0.5) is 24.5 Å². The van der Waals surface area contributed by atoms with Gasteiger partial charge in [-0.25, -0.2) is 21.1 Å². The molecule has 3 rings (SSSR count). The fourth-order valence-corrected chi connectivity index (χ4v) is 6.13. The summed E-state index contributed by atoms with van der Waals surface area (Å²) in [5, 5.41) is 0. The molecule has 1 N–H and O–H groups in total. The summed E-state index contributed by atoms with van der Waals surface area (Å²) in [6.45, 7) is 3.00. The Kier molecular flexibility index (Phi) is 5.14. The van der Waals surface area contributed by atoms with Crippen molar-refractivity contribution in [2.75, 3.05) is 14.8 Å². The Morgan fingerprint density at radius 3 is 1.97 bits per heavy atom. The summed E-state index contributed by atoms with van der Waals surface area (Å²) in [6, 6.07) is 8.01. The third-order valence-electron chi connectivity index (χ3n) is 4.43. The average Bonchev–Trinajstić information content (AvgIpc) is 2.77. The molecule has 30 heavy (non-hydrogen) atoms. The molecule has 1 heterocycles. The Morgan fingerprint density at radius 2 is 1.53 bits per heavy atom. The van der Waals surface area contributed by atoms with E-state index in [4.69, 9.17) is 0 Å². The van der Waals surface area contributed by atoms with Gasteiger partial charge < -0.3 is 0 Å². The number of carbonyl (C=O) groups excluding carboxylic acids is 1. The summed E-state index contributed by atoms with van der Waals surface area (Å²) >= 11 is 0. The van der Waals surface area contributed by atoms with Crippen LogP contribution in [0.1, 0.15) is 19.4 Å². The van der Waals surface area contributed by atoms with Crippen LogP contribution in [0.5, 0.6) is 0 Å². The van der Waals surface area contributed by atoms with E-state index in [9.17, 15) is 34.8 Å². The van der Waals surface area contributed by atoms with Crippen molar-refractivity contribution in [3.8, 4) is 0 Å². The molecule has 1 amide bonds. The molecule has 0 radical (unpaired) electrons. The van der Waals surface area contributed by atoms with Crippen molar-refractivity contribution in [1.29, 1.82) is 0 Å². The number of anilines is 2. The molecular weight excluding hydrogens is 445 g/mol. The summed E-state index contributed by atoms with van der Waals surface area (Å²) in [7, 11) is -8.03. The van der Waals surface area contributed by atoms with Crippen molar-refractivity contribution in [3.63, 3.8) is 0 Å². The Labute approximate surface area is 171 Å². The minimum absolute atomic E-state index is 0.000875. The first-order valence-electron chi connectivity index (χ1n) is 8.51.